The average Bonchev–Trinajstić information content (AvgIpc) is 2.06. The van der Waals surface area contributed by atoms with E-state index >= 15 is 0 Å². The number of fused-ring (bicyclic) bond motifs is 1. The smallest absolute Gasteiger partial charge is 0.289 e. The summed E-state index contributed by atoms with van der Waals surface area (Å²) in [6, 6.07) is 0. The van der Waals surface area contributed by atoms with Gasteiger partial charge in [0.2, 0.25) is 0 Å². The molecule has 0 aromatic carbocycles. The van der Waals surface area contributed by atoms with Gasteiger partial charge in [0, 0.05) is 0 Å². The molecule has 2 aromatic heterocycles. The van der Waals surface area contributed by atoms with Crippen molar-refractivity contribution in [3.63, 3.8) is 0 Å². The molecule has 0 fully saturated rings. The van der Waals surface area contributed by atoms with Crippen LogP contribution in [0.25, 0.3) is 11.0 Å². The van der Waals surface area contributed by atoms with Gasteiger partial charge in [-0.2, -0.15) is 0 Å². The second kappa shape index (κ2) is 2.08. The maximum atomic E-state index is 10.9. The summed E-state index contributed by atoms with van der Waals surface area (Å²) in [5.74, 6) is 0. The molecule has 2 rings (SSSR count). The van der Waals surface area contributed by atoms with E-state index in [0.717, 1.165) is 6.33 Å². The first kappa shape index (κ1) is 5.90. The minimum Gasteiger partial charge on any atom is -0.710 e. The Hall–Kier alpha value is -1.85. The molecule has 11 heavy (non-hydrogen) atoms. The predicted molar refractivity (Wildman–Crippen MR) is 34.1 cm³/mol. The van der Waals surface area contributed by atoms with Crippen molar-refractivity contribution in [2.75, 3.05) is 0 Å². The van der Waals surface area contributed by atoms with E-state index in [1.54, 1.807) is 0 Å². The van der Waals surface area contributed by atoms with Crippen LogP contribution in [0.15, 0.2) is 18.7 Å². The molecule has 54 valence electrons. The summed E-state index contributed by atoms with van der Waals surface area (Å²) in [6.07, 6.45) is 3.95. The SMILES string of the molecule is [O-][n+]1cncc2nnncc21. The van der Waals surface area contributed by atoms with Crippen LogP contribution in [0.5, 0.6) is 0 Å². The van der Waals surface area contributed by atoms with Gasteiger partial charge in [-0.3, -0.25) is 0 Å². The maximum absolute atomic E-state index is 10.9. The summed E-state index contributed by atoms with van der Waals surface area (Å²) in [7, 11) is 0. The van der Waals surface area contributed by atoms with Gasteiger partial charge in [0.25, 0.3) is 6.33 Å². The molecule has 2 heterocycles. The molecule has 0 N–H and O–H groups in total. The van der Waals surface area contributed by atoms with E-state index in [-0.39, 0.29) is 0 Å². The van der Waals surface area contributed by atoms with Gasteiger partial charge in [-0.15, -0.1) is 10.2 Å². The maximum Gasteiger partial charge on any atom is 0.289 e. The van der Waals surface area contributed by atoms with Crippen molar-refractivity contribution in [1.29, 1.82) is 0 Å². The van der Waals surface area contributed by atoms with Crippen LogP contribution in [-0.4, -0.2) is 20.4 Å². The predicted octanol–water partition coefficient (Wildman–Crippen LogP) is -0.947. The van der Waals surface area contributed by atoms with Crippen molar-refractivity contribution in [1.82, 2.24) is 20.4 Å². The van der Waals surface area contributed by atoms with Crippen LogP contribution in [0.2, 0.25) is 0 Å². The largest absolute Gasteiger partial charge is 0.710 e. The topological polar surface area (TPSA) is 78.5 Å². The molecule has 0 aliphatic rings. The highest BCUT2D eigenvalue weighted by Crippen LogP contribution is 1.97. The minimum absolute atomic E-state index is 0.370. The standard InChI is InChI=1S/C5H3N5O/c11-10-3-6-1-4-5(10)2-7-9-8-4/h1-3H. The fourth-order valence-corrected chi connectivity index (χ4v) is 0.760. The van der Waals surface area contributed by atoms with Crippen molar-refractivity contribution in [2.45, 2.75) is 0 Å². The normalized spacial score (nSPS) is 10.2. The monoisotopic (exact) mass is 149 g/mol. The molecule has 0 saturated heterocycles. The van der Waals surface area contributed by atoms with Gasteiger partial charge in [0.1, 0.15) is 6.20 Å². The summed E-state index contributed by atoms with van der Waals surface area (Å²) in [4.78, 5) is 3.63. The third-order valence-electron chi connectivity index (χ3n) is 1.25. The highest BCUT2D eigenvalue weighted by atomic mass is 16.5. The lowest BCUT2D eigenvalue weighted by Gasteiger charge is -1.99. The minimum atomic E-state index is 0.370. The molecule has 0 spiro atoms. The third-order valence-corrected chi connectivity index (χ3v) is 1.25. The Morgan fingerprint density at radius 1 is 1.36 bits per heavy atom. The van der Waals surface area contributed by atoms with Crippen LogP contribution < -0.4 is 4.73 Å². The summed E-state index contributed by atoms with van der Waals surface area (Å²) < 4.78 is 0.594. The van der Waals surface area contributed by atoms with Gasteiger partial charge in [0.05, 0.1) is 0 Å². The Labute approximate surface area is 61.1 Å². The first-order valence-corrected chi connectivity index (χ1v) is 2.89. The summed E-state index contributed by atoms with van der Waals surface area (Å²) in [5.41, 5.74) is 0.813. The molecule has 0 aliphatic heterocycles. The average molecular weight is 149 g/mol. The molecule has 0 bridgehead atoms. The Kier molecular flexibility index (Phi) is 1.12. The van der Waals surface area contributed by atoms with Gasteiger partial charge in [-0.05, 0) is 5.21 Å². The molecule has 2 aromatic rings. The number of hydrogen-bond donors (Lipinski definition) is 0. The molecular weight excluding hydrogens is 146 g/mol. The lowest BCUT2D eigenvalue weighted by molar-refractivity contribution is -0.580. The molecule has 0 unspecified atom stereocenters. The van der Waals surface area contributed by atoms with Crippen molar-refractivity contribution in [2.24, 2.45) is 0 Å². The van der Waals surface area contributed by atoms with Gasteiger partial charge in [-0.25, -0.2) is 4.73 Å². The quantitative estimate of drug-likeness (QED) is 0.356. The van der Waals surface area contributed by atoms with Crippen molar-refractivity contribution in [3.05, 3.63) is 23.9 Å². The van der Waals surface area contributed by atoms with E-state index < -0.39 is 0 Å². The van der Waals surface area contributed by atoms with Gasteiger partial charge >= 0.3 is 0 Å². The summed E-state index contributed by atoms with van der Waals surface area (Å²) >= 11 is 0. The van der Waals surface area contributed by atoms with Crippen LogP contribution in [0, 0.1) is 5.21 Å². The summed E-state index contributed by atoms with van der Waals surface area (Å²) in [5, 5.41) is 21.3. The van der Waals surface area contributed by atoms with E-state index in [1.165, 1.54) is 12.4 Å². The molecule has 0 amide bonds. The van der Waals surface area contributed by atoms with Crippen molar-refractivity contribution >= 4 is 11.0 Å². The zero-order valence-corrected chi connectivity index (χ0v) is 5.38. The van der Waals surface area contributed by atoms with Gasteiger partial charge in [0.15, 0.2) is 17.2 Å². The molecule has 6 heteroatoms. The number of rotatable bonds is 0. The molecule has 6 nitrogen and oxygen atoms in total. The second-order valence-electron chi connectivity index (χ2n) is 1.92. The first-order chi connectivity index (χ1) is 5.38. The highest BCUT2D eigenvalue weighted by Gasteiger charge is 2.01. The van der Waals surface area contributed by atoms with Crippen LogP contribution in [0.3, 0.4) is 0 Å². The third kappa shape index (κ3) is 0.841. The van der Waals surface area contributed by atoms with Crippen LogP contribution >= 0.6 is 0 Å². The van der Waals surface area contributed by atoms with Gasteiger partial charge < -0.3 is 5.21 Å². The Morgan fingerprint density at radius 3 is 3.09 bits per heavy atom. The fraction of sp³-hybridized carbons (Fsp3) is 0. The fourth-order valence-electron chi connectivity index (χ4n) is 0.760. The lowest BCUT2D eigenvalue weighted by Crippen LogP contribution is -2.27. The molecule has 0 aliphatic carbocycles. The summed E-state index contributed by atoms with van der Waals surface area (Å²) in [6.45, 7) is 0. The van der Waals surface area contributed by atoms with Crippen LogP contribution in [0.4, 0.5) is 0 Å². The molecule has 0 saturated carbocycles. The Balaban J connectivity index is 2.91. The van der Waals surface area contributed by atoms with Crippen LogP contribution in [0.1, 0.15) is 0 Å². The Morgan fingerprint density at radius 2 is 2.27 bits per heavy atom. The molecule has 0 radical (unpaired) electrons. The highest BCUT2D eigenvalue weighted by molar-refractivity contribution is 5.66. The Bertz CT molecular complexity index is 384. The van der Waals surface area contributed by atoms with Crippen molar-refractivity contribution < 1.29 is 4.73 Å². The molecule has 0 atom stereocenters. The van der Waals surface area contributed by atoms with E-state index in [0.29, 0.717) is 15.8 Å². The molecular formula is C5H3N5O. The number of nitrogens with zero attached hydrogens (tertiary/aromatic N) is 5. The number of hydrogen-bond acceptors (Lipinski definition) is 5. The van der Waals surface area contributed by atoms with Crippen molar-refractivity contribution in [3.8, 4) is 0 Å². The second-order valence-corrected chi connectivity index (χ2v) is 1.92. The van der Waals surface area contributed by atoms with E-state index in [4.69, 9.17) is 0 Å². The lowest BCUT2D eigenvalue weighted by atomic mass is 10.5. The number of aromatic nitrogens is 5. The van der Waals surface area contributed by atoms with Gasteiger partial charge in [-0.1, -0.05) is 4.98 Å². The van der Waals surface area contributed by atoms with E-state index in [1.807, 2.05) is 0 Å². The zero-order valence-electron chi connectivity index (χ0n) is 5.38. The zero-order chi connectivity index (χ0) is 7.68. The first-order valence-electron chi connectivity index (χ1n) is 2.89. The van der Waals surface area contributed by atoms with E-state index in [2.05, 4.69) is 20.4 Å². The van der Waals surface area contributed by atoms with E-state index in [9.17, 15) is 5.21 Å². The van der Waals surface area contributed by atoms with Crippen LogP contribution in [-0.2, 0) is 0 Å².